The molecule has 0 atom stereocenters. The smallest absolute Gasteiger partial charge is 0.175 e. The standard InChI is InChI=1S/C28H27BrFNO4/c1-2-34-24-14-17(13-19(29)28(24)35-15-16-9-11-18(30)12-10-16)25-26-20(5-3-7-22(26)32)31-21-6-4-8-23(33)27(21)25/h9-14,25,31H,2-8,15H2,1H3. The van der Waals surface area contributed by atoms with Gasteiger partial charge in [0, 0.05) is 41.3 Å². The maximum atomic E-state index is 13.3. The lowest BCUT2D eigenvalue weighted by Gasteiger charge is -2.37. The monoisotopic (exact) mass is 539 g/mol. The molecule has 1 N–H and O–H groups in total. The number of hydrogen-bond acceptors (Lipinski definition) is 5. The number of hydrogen-bond donors (Lipinski definition) is 1. The van der Waals surface area contributed by atoms with E-state index in [9.17, 15) is 14.0 Å². The number of Topliss-reactive ketones (excluding diaryl/α,β-unsaturated/α-hetero) is 2. The quantitative estimate of drug-likeness (QED) is 0.468. The predicted molar refractivity (Wildman–Crippen MR) is 134 cm³/mol. The minimum Gasteiger partial charge on any atom is -0.490 e. The van der Waals surface area contributed by atoms with Crippen molar-refractivity contribution in [1.82, 2.24) is 5.32 Å². The highest BCUT2D eigenvalue weighted by Crippen LogP contribution is 2.48. The summed E-state index contributed by atoms with van der Waals surface area (Å²) < 4.78 is 26.0. The van der Waals surface area contributed by atoms with Gasteiger partial charge in [0.05, 0.1) is 11.1 Å². The highest BCUT2D eigenvalue weighted by Gasteiger charge is 2.40. The third-order valence-electron chi connectivity index (χ3n) is 6.75. The molecule has 5 rings (SSSR count). The molecule has 5 nitrogen and oxygen atoms in total. The molecule has 2 aromatic rings. The second-order valence-corrected chi connectivity index (χ2v) is 9.93. The summed E-state index contributed by atoms with van der Waals surface area (Å²) >= 11 is 3.64. The fraction of sp³-hybridized carbons (Fsp3) is 0.357. The van der Waals surface area contributed by atoms with Crippen LogP contribution in [0.15, 0.2) is 63.4 Å². The minimum atomic E-state index is -0.413. The van der Waals surface area contributed by atoms with Gasteiger partial charge in [0.2, 0.25) is 0 Å². The van der Waals surface area contributed by atoms with Crippen LogP contribution in [0.1, 0.15) is 62.5 Å². The Morgan fingerprint density at radius 2 is 1.57 bits per heavy atom. The van der Waals surface area contributed by atoms with Gasteiger partial charge in [0.1, 0.15) is 12.4 Å². The van der Waals surface area contributed by atoms with Gasteiger partial charge in [0.25, 0.3) is 0 Å². The maximum absolute atomic E-state index is 13.3. The van der Waals surface area contributed by atoms with Crippen molar-refractivity contribution in [3.63, 3.8) is 0 Å². The Morgan fingerprint density at radius 1 is 0.943 bits per heavy atom. The first-order valence-electron chi connectivity index (χ1n) is 12.1. The Morgan fingerprint density at radius 3 is 2.17 bits per heavy atom. The van der Waals surface area contributed by atoms with Crippen LogP contribution in [0.25, 0.3) is 0 Å². The van der Waals surface area contributed by atoms with E-state index in [-0.39, 0.29) is 24.0 Å². The van der Waals surface area contributed by atoms with E-state index in [1.165, 1.54) is 12.1 Å². The summed E-state index contributed by atoms with van der Waals surface area (Å²) in [4.78, 5) is 26.2. The summed E-state index contributed by atoms with van der Waals surface area (Å²) in [6.45, 7) is 2.56. The number of rotatable bonds is 6. The van der Waals surface area contributed by atoms with Crippen LogP contribution in [-0.2, 0) is 16.2 Å². The Kier molecular flexibility index (Phi) is 6.78. The molecule has 7 heteroatoms. The van der Waals surface area contributed by atoms with Crippen LogP contribution in [0.5, 0.6) is 11.5 Å². The molecule has 0 unspecified atom stereocenters. The van der Waals surface area contributed by atoms with Gasteiger partial charge in [-0.3, -0.25) is 9.59 Å². The molecule has 0 radical (unpaired) electrons. The van der Waals surface area contributed by atoms with Crippen LogP contribution in [0.3, 0.4) is 0 Å². The minimum absolute atomic E-state index is 0.0967. The summed E-state index contributed by atoms with van der Waals surface area (Å²) in [7, 11) is 0. The lowest BCUT2D eigenvalue weighted by molar-refractivity contribution is -0.117. The SMILES string of the molecule is CCOc1cc(C2C3=C(CCCC3=O)NC3=C2C(=O)CCC3)cc(Br)c1OCc1ccc(F)cc1. The number of nitrogens with one attached hydrogen (secondary N) is 1. The molecule has 2 aliphatic carbocycles. The van der Waals surface area contributed by atoms with E-state index in [1.54, 1.807) is 12.1 Å². The predicted octanol–water partition coefficient (Wildman–Crippen LogP) is 6.27. The van der Waals surface area contributed by atoms with E-state index < -0.39 is 5.92 Å². The Balaban J connectivity index is 1.56. The average molecular weight is 540 g/mol. The van der Waals surface area contributed by atoms with Gasteiger partial charge in [-0.05, 0) is 83.9 Å². The molecule has 35 heavy (non-hydrogen) atoms. The molecular formula is C28H27BrFNO4. The van der Waals surface area contributed by atoms with Crippen LogP contribution >= 0.6 is 15.9 Å². The molecule has 0 bridgehead atoms. The number of allylic oxidation sites excluding steroid dienone is 4. The van der Waals surface area contributed by atoms with Gasteiger partial charge in [-0.25, -0.2) is 4.39 Å². The molecule has 0 aromatic heterocycles. The summed E-state index contributed by atoms with van der Waals surface area (Å²) in [6, 6.07) is 9.98. The van der Waals surface area contributed by atoms with Gasteiger partial charge >= 0.3 is 0 Å². The molecule has 1 heterocycles. The second-order valence-electron chi connectivity index (χ2n) is 9.07. The van der Waals surface area contributed by atoms with E-state index in [1.807, 2.05) is 19.1 Å². The van der Waals surface area contributed by atoms with Gasteiger partial charge in [0.15, 0.2) is 23.1 Å². The topological polar surface area (TPSA) is 64.6 Å². The van der Waals surface area contributed by atoms with Crippen LogP contribution in [0.4, 0.5) is 4.39 Å². The molecular weight excluding hydrogens is 513 g/mol. The van der Waals surface area contributed by atoms with E-state index in [0.717, 1.165) is 48.2 Å². The van der Waals surface area contributed by atoms with Gasteiger partial charge in [-0.1, -0.05) is 12.1 Å². The lowest BCUT2D eigenvalue weighted by atomic mass is 9.71. The zero-order valence-electron chi connectivity index (χ0n) is 19.6. The molecule has 3 aliphatic rings. The lowest BCUT2D eigenvalue weighted by Crippen LogP contribution is -2.36. The summed E-state index contributed by atoms with van der Waals surface area (Å²) in [5, 5.41) is 3.45. The zero-order valence-corrected chi connectivity index (χ0v) is 21.2. The van der Waals surface area contributed by atoms with Crippen molar-refractivity contribution < 1.29 is 23.5 Å². The first kappa shape index (κ1) is 23.8. The van der Waals surface area contributed by atoms with E-state index in [0.29, 0.717) is 46.6 Å². The number of carbonyl (C=O) groups excluding carboxylic acids is 2. The zero-order chi connectivity index (χ0) is 24.5. The summed E-state index contributed by atoms with van der Waals surface area (Å²) in [5.41, 5.74) is 4.98. The Labute approximate surface area is 212 Å². The molecule has 1 aliphatic heterocycles. The van der Waals surface area contributed by atoms with Crippen molar-refractivity contribution in [2.24, 2.45) is 0 Å². The highest BCUT2D eigenvalue weighted by atomic mass is 79.9. The molecule has 0 saturated carbocycles. The number of ketones is 2. The summed E-state index contributed by atoms with van der Waals surface area (Å²) in [5.74, 6) is 0.547. The molecule has 0 fully saturated rings. The van der Waals surface area contributed by atoms with Crippen molar-refractivity contribution in [2.75, 3.05) is 6.61 Å². The van der Waals surface area contributed by atoms with Crippen molar-refractivity contribution in [1.29, 1.82) is 0 Å². The fourth-order valence-corrected chi connectivity index (χ4v) is 5.78. The largest absolute Gasteiger partial charge is 0.490 e. The van der Waals surface area contributed by atoms with E-state index in [4.69, 9.17) is 9.47 Å². The van der Waals surface area contributed by atoms with Gasteiger partial charge < -0.3 is 14.8 Å². The van der Waals surface area contributed by atoms with Crippen molar-refractivity contribution >= 4 is 27.5 Å². The fourth-order valence-electron chi connectivity index (χ4n) is 5.21. The number of carbonyl (C=O) groups is 2. The Bertz CT molecular complexity index is 1210. The maximum Gasteiger partial charge on any atom is 0.175 e. The molecule has 0 amide bonds. The molecule has 0 saturated heterocycles. The molecule has 182 valence electrons. The number of benzene rings is 2. The van der Waals surface area contributed by atoms with Crippen molar-refractivity contribution in [3.05, 3.63) is 80.4 Å². The number of dihydropyridines is 1. The van der Waals surface area contributed by atoms with E-state index in [2.05, 4.69) is 21.2 Å². The first-order chi connectivity index (χ1) is 17.0. The second kappa shape index (κ2) is 9.97. The normalized spacial score (nSPS) is 18.3. The highest BCUT2D eigenvalue weighted by molar-refractivity contribution is 9.10. The third kappa shape index (κ3) is 4.66. The average Bonchev–Trinajstić information content (AvgIpc) is 2.84. The van der Waals surface area contributed by atoms with Crippen LogP contribution in [-0.4, -0.2) is 18.2 Å². The summed E-state index contributed by atoms with van der Waals surface area (Å²) in [6.07, 6.45) is 4.23. The van der Waals surface area contributed by atoms with Gasteiger partial charge in [-0.2, -0.15) is 0 Å². The number of ether oxygens (including phenoxy) is 2. The molecule has 2 aromatic carbocycles. The van der Waals surface area contributed by atoms with Crippen molar-refractivity contribution in [2.45, 2.75) is 58.0 Å². The van der Waals surface area contributed by atoms with Crippen LogP contribution in [0.2, 0.25) is 0 Å². The van der Waals surface area contributed by atoms with E-state index >= 15 is 0 Å². The first-order valence-corrected chi connectivity index (χ1v) is 12.9. The number of halogens is 2. The van der Waals surface area contributed by atoms with Crippen LogP contribution < -0.4 is 14.8 Å². The van der Waals surface area contributed by atoms with Crippen LogP contribution in [0, 0.1) is 5.82 Å². The Hall–Kier alpha value is -2.93. The molecule has 0 spiro atoms. The van der Waals surface area contributed by atoms with Gasteiger partial charge in [-0.15, -0.1) is 0 Å². The third-order valence-corrected chi connectivity index (χ3v) is 7.34. The van der Waals surface area contributed by atoms with Crippen molar-refractivity contribution in [3.8, 4) is 11.5 Å².